The Kier molecular flexibility index (Phi) is 15.6. The predicted octanol–water partition coefficient (Wildman–Crippen LogP) is -0.767. The molecule has 0 aliphatic carbocycles. The molecule has 1 saturated heterocycles. The van der Waals surface area contributed by atoms with Gasteiger partial charge in [-0.3, -0.25) is 43.1 Å². The zero-order chi connectivity index (χ0) is 48.9. The van der Waals surface area contributed by atoms with Gasteiger partial charge in [0.05, 0.1) is 5.69 Å². The number of nitrogens with one attached hydrogen (secondary N) is 8. The van der Waals surface area contributed by atoms with Gasteiger partial charge in [0.15, 0.2) is 5.96 Å². The summed E-state index contributed by atoms with van der Waals surface area (Å²) in [4.78, 5) is 123. The van der Waals surface area contributed by atoms with E-state index >= 15 is 0 Å². The number of hydrogen-bond acceptors (Lipinski definition) is 10. The van der Waals surface area contributed by atoms with Crippen molar-refractivity contribution < 1.29 is 43.5 Å². The van der Waals surface area contributed by atoms with E-state index < -0.39 is 95.5 Å². The van der Waals surface area contributed by atoms with Crippen LogP contribution in [0.4, 0.5) is 0 Å². The van der Waals surface area contributed by atoms with Crippen molar-refractivity contribution >= 4 is 64.2 Å². The van der Waals surface area contributed by atoms with Crippen LogP contribution in [0.3, 0.4) is 0 Å². The monoisotopic (exact) mass is 929 g/mol. The lowest BCUT2D eigenvalue weighted by Gasteiger charge is -2.33. The highest BCUT2D eigenvalue weighted by atomic mass is 16.4. The van der Waals surface area contributed by atoms with Crippen molar-refractivity contribution in [3.63, 3.8) is 0 Å². The number of guanidine groups is 1. The number of imidazole rings is 1. The van der Waals surface area contributed by atoms with Gasteiger partial charge in [-0.25, -0.2) is 9.78 Å². The lowest BCUT2D eigenvalue weighted by molar-refractivity contribution is -0.142. The summed E-state index contributed by atoms with van der Waals surface area (Å²) >= 11 is 0. The normalized spacial score (nSPS) is 25.3. The van der Waals surface area contributed by atoms with Crippen LogP contribution in [0.2, 0.25) is 0 Å². The fourth-order valence-electron chi connectivity index (χ4n) is 8.98. The number of hydrogen-bond donors (Lipinski definition) is 11. The minimum absolute atomic E-state index is 0.0154. The smallest absolute Gasteiger partial charge is 0.326 e. The van der Waals surface area contributed by atoms with Crippen LogP contribution in [0.15, 0.2) is 35.7 Å². The van der Waals surface area contributed by atoms with Crippen LogP contribution in [0, 0.1) is 17.8 Å². The van der Waals surface area contributed by atoms with Crippen molar-refractivity contribution in [2.45, 2.75) is 135 Å². The number of carboxylic acids is 1. The molecular formula is C45H63N13O9. The Morgan fingerprint density at radius 1 is 0.851 bits per heavy atom. The molecule has 1 aromatic carbocycles. The summed E-state index contributed by atoms with van der Waals surface area (Å²) in [6.45, 7) is 11.0. The molecule has 7 bridgehead atoms. The molecule has 22 nitrogen and oxygen atoms in total. The van der Waals surface area contributed by atoms with Crippen molar-refractivity contribution in [2.75, 3.05) is 6.54 Å². The molecule has 1 unspecified atom stereocenters. The van der Waals surface area contributed by atoms with Crippen molar-refractivity contribution in [3.05, 3.63) is 47.5 Å². The number of fused-ring (bicyclic) bond motifs is 13. The maximum atomic E-state index is 14.7. The van der Waals surface area contributed by atoms with Gasteiger partial charge in [-0.2, -0.15) is 0 Å². The van der Waals surface area contributed by atoms with Gasteiger partial charge < -0.3 is 58.8 Å². The van der Waals surface area contributed by atoms with Gasteiger partial charge in [0.25, 0.3) is 0 Å². The molecular weight excluding hydrogens is 867 g/mol. The summed E-state index contributed by atoms with van der Waals surface area (Å²) in [5, 5.41) is 30.3. The van der Waals surface area contributed by atoms with E-state index in [0.717, 1.165) is 0 Å². The Bertz CT molecular complexity index is 2420. The molecule has 0 saturated carbocycles. The van der Waals surface area contributed by atoms with Gasteiger partial charge in [-0.1, -0.05) is 53.7 Å². The van der Waals surface area contributed by atoms with Gasteiger partial charge >= 0.3 is 5.97 Å². The molecule has 8 atom stereocenters. The molecule has 7 rings (SSSR count). The number of carbonyl (C=O) groups excluding carboxylic acids is 7. The number of amides is 7. The standard InChI is InChI=1S/C45H63N13O9/c1-20(2)14-30-41(63)56-35(22(5)6)42(64)54-31-17-26-25-10-9-23(34(21(3)4)36(43(65)53-30)57-39(61)28-11-12-33(59)50-28)15-29(25)51-37(26)58-18-24(49-19-58)16-32(44(66)67)55-38(60)27(52-40(31)62)8-7-13-48-45(46)47/h9-10,15,18-22,27-28,30-32,34-36,51H,7-8,11-14,16-17H2,1-6H3,(H,50,59)(H,52,62)(H,53,65)(H,54,64)(H,55,60)(H,56,63)(H,57,61)(H,66,67)(H4,46,47,48)/t27-,28-,30-,31-,32?,34+,35-,36-/m0/s1. The fourth-order valence-corrected chi connectivity index (χ4v) is 8.98. The molecule has 362 valence electrons. The van der Waals surface area contributed by atoms with Gasteiger partial charge in [-0.05, 0) is 55.1 Å². The van der Waals surface area contributed by atoms with Crippen molar-refractivity contribution in [1.29, 1.82) is 0 Å². The number of aromatic nitrogens is 3. The maximum Gasteiger partial charge on any atom is 0.326 e. The van der Waals surface area contributed by atoms with Crippen LogP contribution in [-0.4, -0.2) is 122 Å². The SMILES string of the molecule is CC(C)C[C@@H]1NC(=O)[C@@H](NC(=O)[C@@H]2CCC(=O)N2)[C@H](C(C)C)c2ccc3c4c([nH]c3c2)-n2cnc(c2)CC(C(=O)O)NC(=O)[C@H](CCCN=C(N)N)NC(=O)[C@H](C4)NC(=O)[C@H](C(C)C)NC1=O. The Morgan fingerprint density at radius 3 is 2.21 bits per heavy atom. The molecule has 6 heterocycles. The van der Waals surface area contributed by atoms with Gasteiger partial charge in [0.1, 0.15) is 54.4 Å². The van der Waals surface area contributed by atoms with Crippen LogP contribution in [-0.2, 0) is 51.2 Å². The number of aliphatic imine (C=N–C) groups is 1. The number of H-pyrrole nitrogens is 1. The zero-order valence-corrected chi connectivity index (χ0v) is 38.6. The highest BCUT2D eigenvalue weighted by molar-refractivity contribution is 5.99. The molecule has 22 heteroatoms. The molecule has 3 aromatic rings. The first-order valence-electron chi connectivity index (χ1n) is 22.8. The summed E-state index contributed by atoms with van der Waals surface area (Å²) in [5.41, 5.74) is 13.0. The average molecular weight is 930 g/mol. The Morgan fingerprint density at radius 2 is 1.57 bits per heavy atom. The van der Waals surface area contributed by atoms with Gasteiger partial charge in [-0.15, -0.1) is 0 Å². The second kappa shape index (κ2) is 21.1. The van der Waals surface area contributed by atoms with Crippen LogP contribution in [0.5, 0.6) is 0 Å². The Hall–Kier alpha value is -7.00. The lowest BCUT2D eigenvalue weighted by atomic mass is 9.81. The summed E-state index contributed by atoms with van der Waals surface area (Å²) in [5.74, 6) is -7.25. The van der Waals surface area contributed by atoms with Crippen molar-refractivity contribution in [3.8, 4) is 5.82 Å². The number of aliphatic carboxylic acids is 1. The molecule has 13 N–H and O–H groups in total. The first-order chi connectivity index (χ1) is 31.7. The molecule has 1 fully saturated rings. The number of aromatic amines is 1. The van der Waals surface area contributed by atoms with E-state index in [4.69, 9.17) is 11.5 Å². The summed E-state index contributed by atoms with van der Waals surface area (Å²) in [7, 11) is 0. The second-order valence-electron chi connectivity index (χ2n) is 18.7. The van der Waals surface area contributed by atoms with Gasteiger partial charge in [0, 0.05) is 54.4 Å². The zero-order valence-electron chi connectivity index (χ0n) is 38.6. The average Bonchev–Trinajstić information content (AvgIpc) is 4.00. The third kappa shape index (κ3) is 11.9. The number of carboxylic acid groups (broad SMARTS) is 1. The molecule has 0 radical (unpaired) electrons. The highest BCUT2D eigenvalue weighted by Gasteiger charge is 2.40. The number of rotatable bonds is 11. The van der Waals surface area contributed by atoms with Gasteiger partial charge in [0.2, 0.25) is 41.4 Å². The van der Waals surface area contributed by atoms with E-state index in [1.54, 1.807) is 24.6 Å². The van der Waals surface area contributed by atoms with E-state index in [0.29, 0.717) is 33.5 Å². The van der Waals surface area contributed by atoms with E-state index in [-0.39, 0.29) is 75.2 Å². The first-order valence-corrected chi connectivity index (χ1v) is 22.8. The number of benzene rings is 1. The van der Waals surface area contributed by atoms with Crippen LogP contribution >= 0.6 is 0 Å². The minimum atomic E-state index is -1.45. The number of carbonyl (C=O) groups is 8. The molecule has 67 heavy (non-hydrogen) atoms. The van der Waals surface area contributed by atoms with Crippen molar-refractivity contribution in [1.82, 2.24) is 51.8 Å². The first kappa shape index (κ1) is 49.4. The lowest BCUT2D eigenvalue weighted by Crippen LogP contribution is -2.61. The third-order valence-corrected chi connectivity index (χ3v) is 12.4. The fraction of sp³-hybridized carbons (Fsp3) is 0.556. The Labute approximate surface area is 387 Å². The molecule has 4 aliphatic heterocycles. The summed E-state index contributed by atoms with van der Waals surface area (Å²) in [6.07, 6.45) is 3.43. The highest BCUT2D eigenvalue weighted by Crippen LogP contribution is 2.35. The quantitative estimate of drug-likeness (QED) is 0.0489. The molecule has 7 amide bonds. The van der Waals surface area contributed by atoms with E-state index in [2.05, 4.69) is 52.2 Å². The number of nitrogens with two attached hydrogens (primary N) is 2. The summed E-state index contributed by atoms with van der Waals surface area (Å²) < 4.78 is 1.62. The Balaban J connectivity index is 1.55. The third-order valence-electron chi connectivity index (χ3n) is 12.4. The molecule has 2 aromatic heterocycles. The largest absolute Gasteiger partial charge is 0.480 e. The van der Waals surface area contributed by atoms with Crippen LogP contribution < -0.4 is 48.7 Å². The maximum absolute atomic E-state index is 14.7. The molecule has 4 aliphatic rings. The molecule has 0 spiro atoms. The summed E-state index contributed by atoms with van der Waals surface area (Å²) in [6, 6.07) is -3.23. The predicted molar refractivity (Wildman–Crippen MR) is 245 cm³/mol. The van der Waals surface area contributed by atoms with E-state index in [1.165, 1.54) is 6.33 Å². The topological polar surface area (TPSA) is 339 Å². The van der Waals surface area contributed by atoms with E-state index in [9.17, 15) is 43.5 Å². The second-order valence-corrected chi connectivity index (χ2v) is 18.7. The minimum Gasteiger partial charge on any atom is -0.480 e. The van der Waals surface area contributed by atoms with Crippen LogP contribution in [0.1, 0.15) is 96.4 Å². The van der Waals surface area contributed by atoms with Crippen molar-refractivity contribution in [2.24, 2.45) is 34.2 Å². The van der Waals surface area contributed by atoms with E-state index in [1.807, 2.05) is 45.9 Å². The van der Waals surface area contributed by atoms with Crippen LogP contribution in [0.25, 0.3) is 16.7 Å². The number of nitrogens with zero attached hydrogens (tertiary/aromatic N) is 3.